The first-order valence-electron chi connectivity index (χ1n) is 5.51. The van der Waals surface area contributed by atoms with Crippen molar-refractivity contribution >= 4 is 17.8 Å². The van der Waals surface area contributed by atoms with Crippen LogP contribution in [0.25, 0.3) is 0 Å². The highest BCUT2D eigenvalue weighted by Crippen LogP contribution is 2.15. The van der Waals surface area contributed by atoms with Gasteiger partial charge in [0.05, 0.1) is 6.61 Å². The number of nitrogens with zero attached hydrogens (tertiary/aromatic N) is 2. The molecule has 96 valence electrons. The van der Waals surface area contributed by atoms with Crippen LogP contribution in [0.2, 0.25) is 0 Å². The van der Waals surface area contributed by atoms with E-state index in [0.29, 0.717) is 6.42 Å². The predicted octanol–water partition coefficient (Wildman–Crippen LogP) is -0.347. The van der Waals surface area contributed by atoms with Gasteiger partial charge in [0.25, 0.3) is 0 Å². The van der Waals surface area contributed by atoms with Gasteiger partial charge in [0, 0.05) is 6.54 Å². The number of esters is 1. The minimum absolute atomic E-state index is 0.0900. The minimum Gasteiger partial charge on any atom is -0.462 e. The molecule has 0 aromatic rings. The summed E-state index contributed by atoms with van der Waals surface area (Å²) in [5.74, 6) is -2.57. The largest absolute Gasteiger partial charge is 0.462 e. The van der Waals surface area contributed by atoms with Gasteiger partial charge in [-0.05, 0) is 13.3 Å². The molecule has 0 spiro atoms. The fourth-order valence-corrected chi connectivity index (χ4v) is 1.49. The molecule has 0 saturated carbocycles. The average molecular weight is 251 g/mol. The van der Waals surface area contributed by atoms with Gasteiger partial charge in [0.1, 0.15) is 11.9 Å². The molecule has 0 aromatic heterocycles. The van der Waals surface area contributed by atoms with Gasteiger partial charge in [-0.3, -0.25) is 14.5 Å². The average Bonchev–Trinajstić information content (AvgIpc) is 2.59. The Labute approximate surface area is 104 Å². The molecule has 1 saturated heterocycles. The van der Waals surface area contributed by atoms with Crippen LogP contribution in [0.5, 0.6) is 0 Å². The number of nitriles is 1. The van der Waals surface area contributed by atoms with E-state index in [1.165, 1.54) is 0 Å². The molecule has 1 aliphatic rings. The molecule has 0 atom stereocenters. The van der Waals surface area contributed by atoms with Crippen molar-refractivity contribution in [2.24, 2.45) is 0 Å². The third-order valence-electron chi connectivity index (χ3n) is 2.22. The number of hydrogen-bond donors (Lipinski definition) is 1. The van der Waals surface area contributed by atoms with E-state index < -0.39 is 17.8 Å². The van der Waals surface area contributed by atoms with Crippen LogP contribution in [-0.2, 0) is 19.1 Å². The van der Waals surface area contributed by atoms with E-state index in [1.807, 2.05) is 6.92 Å². The predicted molar refractivity (Wildman–Crippen MR) is 59.4 cm³/mol. The van der Waals surface area contributed by atoms with Crippen molar-refractivity contribution in [3.8, 4) is 6.07 Å². The maximum atomic E-state index is 11.5. The first kappa shape index (κ1) is 13.7. The molecule has 0 aromatic carbocycles. The minimum atomic E-state index is -0.855. The Balaban J connectivity index is 3.17. The summed E-state index contributed by atoms with van der Waals surface area (Å²) in [4.78, 5) is 35.4. The van der Waals surface area contributed by atoms with E-state index in [-0.39, 0.29) is 24.5 Å². The highest BCUT2D eigenvalue weighted by Gasteiger charge is 2.37. The summed E-state index contributed by atoms with van der Waals surface area (Å²) in [6.07, 6.45) is 0.589. The summed E-state index contributed by atoms with van der Waals surface area (Å²) in [5, 5.41) is 11.2. The summed E-state index contributed by atoms with van der Waals surface area (Å²) < 4.78 is 4.70. The van der Waals surface area contributed by atoms with Crippen molar-refractivity contribution in [1.29, 1.82) is 5.26 Å². The smallest absolute Gasteiger partial charge is 0.352 e. The Morgan fingerprint density at radius 3 is 2.61 bits per heavy atom. The van der Waals surface area contributed by atoms with Crippen molar-refractivity contribution in [3.05, 3.63) is 11.4 Å². The van der Waals surface area contributed by atoms with Crippen LogP contribution in [0.15, 0.2) is 11.4 Å². The Kier molecular flexibility index (Phi) is 4.43. The van der Waals surface area contributed by atoms with Crippen LogP contribution in [0.1, 0.15) is 20.3 Å². The molecule has 18 heavy (non-hydrogen) atoms. The maximum absolute atomic E-state index is 11.5. The normalized spacial score (nSPS) is 17.3. The topological polar surface area (TPSA) is 99.5 Å². The number of hydrogen-bond acceptors (Lipinski definition) is 5. The number of carbonyl (C=O) groups is 3. The third-order valence-corrected chi connectivity index (χ3v) is 2.22. The lowest BCUT2D eigenvalue weighted by Crippen LogP contribution is -2.28. The van der Waals surface area contributed by atoms with E-state index in [4.69, 9.17) is 10.00 Å². The second-order valence-corrected chi connectivity index (χ2v) is 3.47. The second kappa shape index (κ2) is 5.82. The Morgan fingerprint density at radius 2 is 2.11 bits per heavy atom. The van der Waals surface area contributed by atoms with Gasteiger partial charge >= 0.3 is 17.8 Å². The molecule has 1 heterocycles. The van der Waals surface area contributed by atoms with Gasteiger partial charge in [-0.25, -0.2) is 4.79 Å². The zero-order valence-corrected chi connectivity index (χ0v) is 10.1. The first-order chi connectivity index (χ1) is 8.56. The fraction of sp³-hybridized carbons (Fsp3) is 0.455. The third kappa shape index (κ3) is 2.48. The number of carbonyl (C=O) groups excluding carboxylic acids is 3. The van der Waals surface area contributed by atoms with Crippen molar-refractivity contribution in [2.45, 2.75) is 20.3 Å². The second-order valence-electron chi connectivity index (χ2n) is 3.47. The lowest BCUT2D eigenvalue weighted by atomic mass is 10.2. The fourth-order valence-electron chi connectivity index (χ4n) is 1.49. The van der Waals surface area contributed by atoms with Crippen LogP contribution in [0.3, 0.4) is 0 Å². The molecule has 0 aliphatic carbocycles. The van der Waals surface area contributed by atoms with Crippen LogP contribution < -0.4 is 5.32 Å². The van der Waals surface area contributed by atoms with Gasteiger partial charge < -0.3 is 10.1 Å². The van der Waals surface area contributed by atoms with Crippen LogP contribution in [0, 0.1) is 11.3 Å². The Hall–Kier alpha value is -2.36. The van der Waals surface area contributed by atoms with Crippen LogP contribution in [-0.4, -0.2) is 35.8 Å². The zero-order chi connectivity index (χ0) is 13.7. The number of ether oxygens (including phenoxy) is 1. The zero-order valence-electron chi connectivity index (χ0n) is 10.1. The number of rotatable bonds is 4. The van der Waals surface area contributed by atoms with Crippen LogP contribution in [0.4, 0.5) is 0 Å². The van der Waals surface area contributed by atoms with Crippen molar-refractivity contribution in [1.82, 2.24) is 10.2 Å². The maximum Gasteiger partial charge on any atom is 0.352 e. The van der Waals surface area contributed by atoms with E-state index in [0.717, 1.165) is 4.90 Å². The van der Waals surface area contributed by atoms with E-state index >= 15 is 0 Å². The SMILES string of the molecule is CCCN1C(=O)C(=O)N/C1=C(/C#N)C(=O)OCC. The Bertz CT molecular complexity index is 461. The highest BCUT2D eigenvalue weighted by atomic mass is 16.5. The van der Waals surface area contributed by atoms with Crippen molar-refractivity contribution < 1.29 is 19.1 Å². The monoisotopic (exact) mass is 251 g/mol. The molecule has 0 radical (unpaired) electrons. The lowest BCUT2D eigenvalue weighted by Gasteiger charge is -2.15. The summed E-state index contributed by atoms with van der Waals surface area (Å²) in [7, 11) is 0. The van der Waals surface area contributed by atoms with E-state index in [1.54, 1.807) is 13.0 Å². The highest BCUT2D eigenvalue weighted by molar-refractivity contribution is 6.38. The molecule has 2 amide bonds. The summed E-state index contributed by atoms with van der Waals surface area (Å²) in [6, 6.07) is 1.65. The quantitative estimate of drug-likeness (QED) is 0.319. The molecular formula is C11H13N3O4. The van der Waals surface area contributed by atoms with E-state index in [2.05, 4.69) is 5.32 Å². The van der Waals surface area contributed by atoms with Gasteiger partial charge in [0.15, 0.2) is 5.57 Å². The van der Waals surface area contributed by atoms with Crippen molar-refractivity contribution in [2.75, 3.05) is 13.2 Å². The van der Waals surface area contributed by atoms with Crippen LogP contribution >= 0.6 is 0 Å². The molecule has 7 nitrogen and oxygen atoms in total. The standard InChI is InChI=1S/C11H13N3O4/c1-3-5-14-8(13-9(15)10(14)16)7(6-12)11(17)18-4-2/h3-5H2,1-2H3,(H,13,15)/b8-7+. The number of amides is 2. The molecule has 1 N–H and O–H groups in total. The molecular weight excluding hydrogens is 238 g/mol. The molecule has 1 rings (SSSR count). The summed E-state index contributed by atoms with van der Waals surface area (Å²) in [5.41, 5.74) is -0.371. The van der Waals surface area contributed by atoms with Gasteiger partial charge in [0.2, 0.25) is 0 Å². The molecule has 0 bridgehead atoms. The summed E-state index contributed by atoms with van der Waals surface area (Å²) >= 11 is 0. The lowest BCUT2D eigenvalue weighted by molar-refractivity contribution is -0.140. The van der Waals surface area contributed by atoms with Gasteiger partial charge in [-0.1, -0.05) is 6.92 Å². The number of nitrogens with one attached hydrogen (secondary N) is 1. The summed E-state index contributed by atoms with van der Waals surface area (Å²) in [6.45, 7) is 3.76. The molecule has 1 aliphatic heterocycles. The molecule has 7 heteroatoms. The van der Waals surface area contributed by atoms with E-state index in [9.17, 15) is 14.4 Å². The Morgan fingerprint density at radius 1 is 1.44 bits per heavy atom. The van der Waals surface area contributed by atoms with Gasteiger partial charge in [-0.15, -0.1) is 0 Å². The first-order valence-corrected chi connectivity index (χ1v) is 5.51. The van der Waals surface area contributed by atoms with Crippen molar-refractivity contribution in [3.63, 3.8) is 0 Å². The molecule has 0 unspecified atom stereocenters. The molecule has 1 fully saturated rings. The van der Waals surface area contributed by atoms with Gasteiger partial charge in [-0.2, -0.15) is 5.26 Å².